The fourth-order valence-electron chi connectivity index (χ4n) is 3.17. The molecule has 1 aromatic carbocycles. The number of imidazole rings is 1. The van der Waals surface area contributed by atoms with Gasteiger partial charge >= 0.3 is 6.09 Å². The van der Waals surface area contributed by atoms with Crippen LogP contribution in [-0.2, 0) is 4.74 Å². The minimum absolute atomic E-state index is 0.246. The summed E-state index contributed by atoms with van der Waals surface area (Å²) >= 11 is 0. The Hall–Kier alpha value is -2.94. The van der Waals surface area contributed by atoms with Crippen LogP contribution in [0.5, 0.6) is 0 Å². The lowest BCUT2D eigenvalue weighted by molar-refractivity contribution is 0.0147. The first-order valence-electron chi connectivity index (χ1n) is 10.00. The molecular formula is C21H28FN5O3. The smallest absolute Gasteiger partial charge is 0.410 e. The number of nitrogens with zero attached hydrogens (tertiary/aromatic N) is 4. The highest BCUT2D eigenvalue weighted by molar-refractivity contribution is 5.93. The zero-order chi connectivity index (χ0) is 21.7. The van der Waals surface area contributed by atoms with Crippen molar-refractivity contribution in [1.82, 2.24) is 24.7 Å². The molecule has 1 N–H and O–H groups in total. The molecule has 0 spiro atoms. The summed E-state index contributed by atoms with van der Waals surface area (Å²) < 4.78 is 20.2. The molecule has 162 valence electrons. The molecule has 8 nitrogen and oxygen atoms in total. The lowest BCUT2D eigenvalue weighted by Crippen LogP contribution is -2.51. The van der Waals surface area contributed by atoms with Crippen LogP contribution in [0, 0.1) is 5.82 Å². The molecule has 0 saturated carbocycles. The topological polar surface area (TPSA) is 79.7 Å². The van der Waals surface area contributed by atoms with Crippen LogP contribution in [0.4, 0.5) is 9.18 Å². The van der Waals surface area contributed by atoms with Gasteiger partial charge in [0, 0.05) is 45.0 Å². The van der Waals surface area contributed by atoms with Gasteiger partial charge in [-0.1, -0.05) is 0 Å². The molecule has 2 heterocycles. The standard InChI is InChI=1S/C21H28FN5O3/c1-21(2,3)30-20(29)26-12-10-25(11-13-26)9-8-24-19(28)18-14-23-15-27(18)17-6-4-16(22)5-7-17/h4-7,14-15H,8-13H2,1-3H3,(H,24,28). The first kappa shape index (κ1) is 21.8. The highest BCUT2D eigenvalue weighted by Crippen LogP contribution is 2.13. The third-order valence-electron chi connectivity index (χ3n) is 4.71. The second-order valence-electron chi connectivity index (χ2n) is 8.19. The minimum atomic E-state index is -0.501. The van der Waals surface area contributed by atoms with E-state index in [1.807, 2.05) is 20.8 Å². The van der Waals surface area contributed by atoms with Gasteiger partial charge < -0.3 is 15.0 Å². The van der Waals surface area contributed by atoms with Gasteiger partial charge in [-0.3, -0.25) is 14.3 Å². The number of halogens is 1. The van der Waals surface area contributed by atoms with Gasteiger partial charge in [-0.05, 0) is 45.0 Å². The molecule has 1 aliphatic heterocycles. The number of hydrogen-bond acceptors (Lipinski definition) is 5. The Morgan fingerprint density at radius 1 is 1.13 bits per heavy atom. The molecule has 0 unspecified atom stereocenters. The molecule has 2 amide bonds. The van der Waals surface area contributed by atoms with Crippen molar-refractivity contribution >= 4 is 12.0 Å². The number of amides is 2. The van der Waals surface area contributed by atoms with Crippen LogP contribution < -0.4 is 5.32 Å². The second kappa shape index (κ2) is 9.25. The number of benzene rings is 1. The van der Waals surface area contributed by atoms with E-state index in [2.05, 4.69) is 15.2 Å². The third kappa shape index (κ3) is 5.79. The van der Waals surface area contributed by atoms with E-state index >= 15 is 0 Å². The highest BCUT2D eigenvalue weighted by Gasteiger charge is 2.25. The molecule has 30 heavy (non-hydrogen) atoms. The van der Waals surface area contributed by atoms with Gasteiger partial charge in [0.05, 0.1) is 12.5 Å². The molecule has 2 aromatic rings. The van der Waals surface area contributed by atoms with Gasteiger partial charge in [-0.2, -0.15) is 0 Å². The van der Waals surface area contributed by atoms with Gasteiger partial charge in [0.2, 0.25) is 0 Å². The van der Waals surface area contributed by atoms with Crippen LogP contribution in [0.25, 0.3) is 5.69 Å². The van der Waals surface area contributed by atoms with Crippen molar-refractivity contribution in [2.24, 2.45) is 0 Å². The van der Waals surface area contributed by atoms with E-state index in [-0.39, 0.29) is 17.8 Å². The van der Waals surface area contributed by atoms with E-state index in [4.69, 9.17) is 4.74 Å². The van der Waals surface area contributed by atoms with Crippen LogP contribution in [0.3, 0.4) is 0 Å². The zero-order valence-electron chi connectivity index (χ0n) is 17.6. The van der Waals surface area contributed by atoms with Crippen LogP contribution in [0.15, 0.2) is 36.8 Å². The molecule has 0 bridgehead atoms. The molecule has 1 aliphatic rings. The molecular weight excluding hydrogens is 389 g/mol. The number of aromatic nitrogens is 2. The number of nitrogens with one attached hydrogen (secondary N) is 1. The van der Waals surface area contributed by atoms with Crippen molar-refractivity contribution in [3.63, 3.8) is 0 Å². The Morgan fingerprint density at radius 3 is 2.43 bits per heavy atom. The minimum Gasteiger partial charge on any atom is -0.444 e. The van der Waals surface area contributed by atoms with E-state index in [0.717, 1.165) is 13.1 Å². The maximum atomic E-state index is 13.1. The summed E-state index contributed by atoms with van der Waals surface area (Å²) in [5.41, 5.74) is 0.549. The highest BCUT2D eigenvalue weighted by atomic mass is 19.1. The van der Waals surface area contributed by atoms with Crippen LogP contribution >= 0.6 is 0 Å². The molecule has 3 rings (SSSR count). The van der Waals surface area contributed by atoms with Gasteiger partial charge in [0.1, 0.15) is 17.1 Å². The number of hydrogen-bond donors (Lipinski definition) is 1. The summed E-state index contributed by atoms with van der Waals surface area (Å²) in [6, 6.07) is 5.87. The van der Waals surface area contributed by atoms with Crippen molar-refractivity contribution in [1.29, 1.82) is 0 Å². The Labute approximate surface area is 175 Å². The quantitative estimate of drug-likeness (QED) is 0.808. The molecule has 1 fully saturated rings. The fourth-order valence-corrected chi connectivity index (χ4v) is 3.17. The second-order valence-corrected chi connectivity index (χ2v) is 8.19. The molecule has 1 saturated heterocycles. The first-order valence-corrected chi connectivity index (χ1v) is 10.00. The summed E-state index contributed by atoms with van der Waals surface area (Å²) in [5.74, 6) is -0.583. The average Bonchev–Trinajstić information content (AvgIpc) is 3.17. The van der Waals surface area contributed by atoms with E-state index in [0.29, 0.717) is 37.6 Å². The molecule has 0 aliphatic carbocycles. The molecule has 0 radical (unpaired) electrons. The van der Waals surface area contributed by atoms with Crippen molar-refractivity contribution < 1.29 is 18.7 Å². The van der Waals surface area contributed by atoms with Gasteiger partial charge in [0.15, 0.2) is 0 Å². The first-order chi connectivity index (χ1) is 14.2. The van der Waals surface area contributed by atoms with E-state index in [1.165, 1.54) is 24.7 Å². The predicted molar refractivity (Wildman–Crippen MR) is 110 cm³/mol. The zero-order valence-corrected chi connectivity index (χ0v) is 17.6. The van der Waals surface area contributed by atoms with Crippen molar-refractivity contribution in [2.75, 3.05) is 39.3 Å². The summed E-state index contributed by atoms with van der Waals surface area (Å²) in [6.07, 6.45) is 2.72. The summed E-state index contributed by atoms with van der Waals surface area (Å²) in [4.78, 5) is 32.6. The fraction of sp³-hybridized carbons (Fsp3) is 0.476. The van der Waals surface area contributed by atoms with Crippen molar-refractivity contribution in [2.45, 2.75) is 26.4 Å². The lowest BCUT2D eigenvalue weighted by Gasteiger charge is -2.35. The van der Waals surface area contributed by atoms with Gasteiger partial charge in [0.25, 0.3) is 5.91 Å². The predicted octanol–water partition coefficient (Wildman–Crippen LogP) is 2.29. The van der Waals surface area contributed by atoms with E-state index in [9.17, 15) is 14.0 Å². The lowest BCUT2D eigenvalue weighted by atomic mass is 10.2. The Balaban J connectivity index is 1.45. The number of piperazine rings is 1. The number of rotatable bonds is 5. The number of carbonyl (C=O) groups excluding carboxylic acids is 2. The summed E-state index contributed by atoms with van der Waals surface area (Å²) in [6.45, 7) is 9.35. The molecule has 9 heteroatoms. The van der Waals surface area contributed by atoms with E-state index in [1.54, 1.807) is 21.6 Å². The number of carbonyl (C=O) groups is 2. The average molecular weight is 417 g/mol. The van der Waals surface area contributed by atoms with Gasteiger partial charge in [-0.25, -0.2) is 14.2 Å². The van der Waals surface area contributed by atoms with Crippen LogP contribution in [-0.4, -0.2) is 76.2 Å². The number of ether oxygens (including phenoxy) is 1. The summed E-state index contributed by atoms with van der Waals surface area (Å²) in [5, 5.41) is 2.90. The Morgan fingerprint density at radius 2 is 1.80 bits per heavy atom. The maximum absolute atomic E-state index is 13.1. The normalized spacial score (nSPS) is 15.1. The van der Waals surface area contributed by atoms with Crippen molar-refractivity contribution in [3.05, 3.63) is 48.3 Å². The van der Waals surface area contributed by atoms with E-state index < -0.39 is 5.60 Å². The SMILES string of the molecule is CC(C)(C)OC(=O)N1CCN(CCNC(=O)c2cncn2-c2ccc(F)cc2)CC1. The molecule has 1 aromatic heterocycles. The van der Waals surface area contributed by atoms with Gasteiger partial charge in [-0.15, -0.1) is 0 Å². The van der Waals surface area contributed by atoms with Crippen LogP contribution in [0.2, 0.25) is 0 Å². The Bertz CT molecular complexity index is 868. The maximum Gasteiger partial charge on any atom is 0.410 e. The third-order valence-corrected chi connectivity index (χ3v) is 4.71. The Kier molecular flexibility index (Phi) is 6.71. The largest absolute Gasteiger partial charge is 0.444 e. The van der Waals surface area contributed by atoms with Crippen molar-refractivity contribution in [3.8, 4) is 5.69 Å². The summed E-state index contributed by atoms with van der Waals surface area (Å²) in [7, 11) is 0. The van der Waals surface area contributed by atoms with Crippen LogP contribution in [0.1, 0.15) is 31.3 Å². The molecule has 0 atom stereocenters. The monoisotopic (exact) mass is 417 g/mol.